The van der Waals surface area contributed by atoms with Crippen LogP contribution in [0, 0.1) is 13.8 Å². The summed E-state index contributed by atoms with van der Waals surface area (Å²) in [4.78, 5) is 12.3. The Balaban J connectivity index is 1.83. The van der Waals surface area contributed by atoms with Crippen molar-refractivity contribution in [1.29, 1.82) is 0 Å². The first-order valence-electron chi connectivity index (χ1n) is 8.70. The summed E-state index contributed by atoms with van der Waals surface area (Å²) < 4.78 is 30.8. The molecule has 0 aliphatic heterocycles. The summed E-state index contributed by atoms with van der Waals surface area (Å²) in [6.07, 6.45) is 3.58. The lowest BCUT2D eigenvalue weighted by Crippen LogP contribution is -2.41. The van der Waals surface area contributed by atoms with E-state index in [1.54, 1.807) is 30.2 Å². The molecule has 1 aromatic carbocycles. The van der Waals surface area contributed by atoms with Crippen LogP contribution in [0.1, 0.15) is 23.3 Å². The fraction of sp³-hybridized carbons (Fsp3) is 0.421. The number of thioether (sulfide) groups is 1. The molecule has 148 valence electrons. The van der Waals surface area contributed by atoms with E-state index in [0.29, 0.717) is 12.2 Å². The second-order valence-corrected chi connectivity index (χ2v) is 9.34. The summed E-state index contributed by atoms with van der Waals surface area (Å²) >= 11 is 1.73. The molecule has 2 rings (SSSR count). The van der Waals surface area contributed by atoms with Crippen LogP contribution in [-0.2, 0) is 20.6 Å². The molecule has 0 aliphatic rings. The second-order valence-electron chi connectivity index (χ2n) is 6.32. The fourth-order valence-electron chi connectivity index (χ4n) is 2.54. The molecule has 0 unspecified atom stereocenters. The largest absolute Gasteiger partial charge is 0.468 e. The third-order valence-electron chi connectivity index (χ3n) is 4.14. The number of anilines is 1. The van der Waals surface area contributed by atoms with Gasteiger partial charge in [0.2, 0.25) is 15.9 Å². The summed E-state index contributed by atoms with van der Waals surface area (Å²) in [5.41, 5.74) is 2.38. The van der Waals surface area contributed by atoms with E-state index in [2.05, 4.69) is 5.32 Å². The molecular formula is C19H26N2O4S2. The second kappa shape index (κ2) is 9.85. The molecule has 8 heteroatoms. The van der Waals surface area contributed by atoms with Crippen LogP contribution in [-0.4, -0.2) is 39.4 Å². The molecule has 1 N–H and O–H groups in total. The number of nitrogens with one attached hydrogen (secondary N) is 1. The fourth-order valence-corrected chi connectivity index (χ4v) is 4.31. The van der Waals surface area contributed by atoms with Gasteiger partial charge in [0.05, 0.1) is 24.0 Å². The zero-order valence-electron chi connectivity index (χ0n) is 15.9. The van der Waals surface area contributed by atoms with Gasteiger partial charge in [0.15, 0.2) is 0 Å². The first-order valence-corrected chi connectivity index (χ1v) is 11.7. The lowest BCUT2D eigenvalue weighted by atomic mass is 10.1. The van der Waals surface area contributed by atoms with Crippen molar-refractivity contribution in [3.05, 3.63) is 53.5 Å². The summed E-state index contributed by atoms with van der Waals surface area (Å²) in [6.45, 7) is 4.06. The zero-order chi connectivity index (χ0) is 19.9. The van der Waals surface area contributed by atoms with Gasteiger partial charge in [-0.15, -0.1) is 0 Å². The van der Waals surface area contributed by atoms with Crippen LogP contribution in [0.15, 0.2) is 41.0 Å². The molecule has 0 atom stereocenters. The number of aryl methyl sites for hydroxylation is 1. The number of nitrogens with zero attached hydrogens (tertiary/aromatic N) is 1. The van der Waals surface area contributed by atoms with Gasteiger partial charge in [-0.3, -0.25) is 9.10 Å². The number of carbonyl (C=O) groups is 1. The molecule has 1 amide bonds. The van der Waals surface area contributed by atoms with Gasteiger partial charge in [-0.25, -0.2) is 8.42 Å². The molecular weight excluding hydrogens is 384 g/mol. The van der Waals surface area contributed by atoms with Gasteiger partial charge in [0.25, 0.3) is 0 Å². The Labute approximate surface area is 165 Å². The maximum atomic E-state index is 12.3. The average molecular weight is 411 g/mol. The molecule has 1 aromatic heterocycles. The highest BCUT2D eigenvalue weighted by molar-refractivity contribution is 7.98. The predicted molar refractivity (Wildman–Crippen MR) is 111 cm³/mol. The van der Waals surface area contributed by atoms with Crippen molar-refractivity contribution in [2.75, 3.05) is 29.4 Å². The van der Waals surface area contributed by atoms with E-state index in [9.17, 15) is 13.2 Å². The highest BCUT2D eigenvalue weighted by atomic mass is 32.2. The Morgan fingerprint density at radius 2 is 2.00 bits per heavy atom. The molecule has 0 aliphatic carbocycles. The van der Waals surface area contributed by atoms with E-state index >= 15 is 0 Å². The first-order chi connectivity index (χ1) is 12.8. The normalized spacial score (nSPS) is 11.4. The number of amides is 1. The summed E-state index contributed by atoms with van der Waals surface area (Å²) in [5, 5.41) is 2.80. The summed E-state index contributed by atoms with van der Waals surface area (Å²) in [5.74, 6) is 2.31. The van der Waals surface area contributed by atoms with Crippen molar-refractivity contribution in [1.82, 2.24) is 5.32 Å². The minimum absolute atomic E-state index is 0.220. The van der Waals surface area contributed by atoms with Crippen molar-refractivity contribution in [2.24, 2.45) is 0 Å². The van der Waals surface area contributed by atoms with Crippen molar-refractivity contribution in [3.8, 4) is 0 Å². The zero-order valence-corrected chi connectivity index (χ0v) is 17.5. The van der Waals surface area contributed by atoms with Crippen molar-refractivity contribution >= 4 is 33.4 Å². The smallest absolute Gasteiger partial charge is 0.240 e. The predicted octanol–water partition coefficient (Wildman–Crippen LogP) is 3.10. The van der Waals surface area contributed by atoms with Crippen LogP contribution >= 0.6 is 11.8 Å². The molecule has 0 radical (unpaired) electrons. The Kier molecular flexibility index (Phi) is 7.79. The Morgan fingerprint density at radius 3 is 2.67 bits per heavy atom. The Morgan fingerprint density at radius 1 is 1.22 bits per heavy atom. The number of furan rings is 1. The molecule has 0 fully saturated rings. The standard InChI is InChI=1S/C19H26N2O4S2/c1-15-7-4-9-18(16(15)2)21(27(3,23)24)13-19(22)20-10-6-12-26-14-17-8-5-11-25-17/h4-5,7-9,11H,6,10,12-14H2,1-3H3,(H,20,22). The molecule has 0 spiro atoms. The van der Waals surface area contributed by atoms with E-state index in [-0.39, 0.29) is 12.5 Å². The van der Waals surface area contributed by atoms with E-state index < -0.39 is 10.0 Å². The van der Waals surface area contributed by atoms with Crippen LogP contribution in [0.3, 0.4) is 0 Å². The van der Waals surface area contributed by atoms with Gasteiger partial charge < -0.3 is 9.73 Å². The lowest BCUT2D eigenvalue weighted by molar-refractivity contribution is -0.119. The van der Waals surface area contributed by atoms with E-state index in [4.69, 9.17) is 4.42 Å². The van der Waals surface area contributed by atoms with E-state index in [1.807, 2.05) is 32.0 Å². The third kappa shape index (κ3) is 6.62. The number of hydrogen-bond acceptors (Lipinski definition) is 5. The topological polar surface area (TPSA) is 79.6 Å². The number of rotatable bonds is 10. The highest BCUT2D eigenvalue weighted by Crippen LogP contribution is 2.24. The first kappa shape index (κ1) is 21.4. The van der Waals surface area contributed by atoms with Crippen molar-refractivity contribution in [3.63, 3.8) is 0 Å². The Bertz CT molecular complexity index is 849. The van der Waals surface area contributed by atoms with Crippen molar-refractivity contribution in [2.45, 2.75) is 26.0 Å². The highest BCUT2D eigenvalue weighted by Gasteiger charge is 2.22. The van der Waals surface area contributed by atoms with Crippen LogP contribution in [0.2, 0.25) is 0 Å². The number of benzene rings is 1. The SMILES string of the molecule is Cc1cccc(N(CC(=O)NCCCSCc2ccco2)S(C)(=O)=O)c1C. The summed E-state index contributed by atoms with van der Waals surface area (Å²) in [7, 11) is -3.56. The van der Waals surface area contributed by atoms with Gasteiger partial charge in [-0.2, -0.15) is 11.8 Å². The van der Waals surface area contributed by atoms with Crippen LogP contribution in [0.4, 0.5) is 5.69 Å². The quantitative estimate of drug-likeness (QED) is 0.609. The van der Waals surface area contributed by atoms with Gasteiger partial charge >= 0.3 is 0 Å². The lowest BCUT2D eigenvalue weighted by Gasteiger charge is -2.24. The third-order valence-corrected chi connectivity index (χ3v) is 6.34. The van der Waals surface area contributed by atoms with Crippen LogP contribution < -0.4 is 9.62 Å². The van der Waals surface area contributed by atoms with Gasteiger partial charge in [-0.05, 0) is 55.3 Å². The van der Waals surface area contributed by atoms with Crippen molar-refractivity contribution < 1.29 is 17.6 Å². The van der Waals surface area contributed by atoms with Gasteiger partial charge in [0.1, 0.15) is 12.3 Å². The minimum atomic E-state index is -3.56. The minimum Gasteiger partial charge on any atom is -0.468 e. The maximum absolute atomic E-state index is 12.3. The number of sulfonamides is 1. The molecule has 1 heterocycles. The molecule has 27 heavy (non-hydrogen) atoms. The summed E-state index contributed by atoms with van der Waals surface area (Å²) in [6, 6.07) is 9.23. The van der Waals surface area contributed by atoms with Crippen LogP contribution in [0.5, 0.6) is 0 Å². The molecule has 0 saturated heterocycles. The van der Waals surface area contributed by atoms with E-state index in [0.717, 1.165) is 45.4 Å². The number of hydrogen-bond donors (Lipinski definition) is 1. The van der Waals surface area contributed by atoms with Crippen LogP contribution in [0.25, 0.3) is 0 Å². The monoisotopic (exact) mass is 410 g/mol. The van der Waals surface area contributed by atoms with E-state index in [1.165, 1.54) is 0 Å². The van der Waals surface area contributed by atoms with Gasteiger partial charge in [-0.1, -0.05) is 12.1 Å². The van der Waals surface area contributed by atoms with Gasteiger partial charge in [0, 0.05) is 6.54 Å². The molecule has 6 nitrogen and oxygen atoms in total. The number of carbonyl (C=O) groups excluding carboxylic acids is 1. The molecule has 0 saturated carbocycles. The average Bonchev–Trinajstić information content (AvgIpc) is 3.11. The molecule has 2 aromatic rings. The Hall–Kier alpha value is -1.93. The molecule has 0 bridgehead atoms. The maximum Gasteiger partial charge on any atom is 0.240 e.